The van der Waals surface area contributed by atoms with Crippen LogP contribution in [0.2, 0.25) is 0 Å². The van der Waals surface area contributed by atoms with Gasteiger partial charge in [-0.25, -0.2) is 0 Å². The molecule has 1 heterocycles. The molecule has 0 atom stereocenters. The monoisotopic (exact) mass is 378 g/mol. The Morgan fingerprint density at radius 1 is 1.04 bits per heavy atom. The van der Waals surface area contributed by atoms with Gasteiger partial charge in [0, 0.05) is 43.2 Å². The van der Waals surface area contributed by atoms with E-state index in [2.05, 4.69) is 22.2 Å². The van der Waals surface area contributed by atoms with Crippen LogP contribution in [0.1, 0.15) is 15.9 Å². The van der Waals surface area contributed by atoms with E-state index in [1.807, 2.05) is 6.07 Å². The molecule has 5 nitrogen and oxygen atoms in total. The van der Waals surface area contributed by atoms with Crippen molar-refractivity contribution in [3.63, 3.8) is 0 Å². The Bertz CT molecular complexity index is 813. The van der Waals surface area contributed by atoms with Gasteiger partial charge < -0.3 is 20.9 Å². The predicted octanol–water partition coefficient (Wildman–Crippen LogP) is 3.29. The lowest BCUT2D eigenvalue weighted by Crippen LogP contribution is -2.44. The number of alkyl halides is 3. The minimum Gasteiger partial charge on any atom is -0.398 e. The van der Waals surface area contributed by atoms with Crippen LogP contribution in [0.15, 0.2) is 42.5 Å². The van der Waals surface area contributed by atoms with Crippen LogP contribution in [0.4, 0.5) is 30.2 Å². The zero-order valence-electron chi connectivity index (χ0n) is 14.9. The number of carbonyl (C=O) groups excluding carboxylic acids is 1. The molecule has 0 bridgehead atoms. The molecule has 1 aliphatic rings. The molecular formula is C19H21F3N4O. The number of nitrogens with two attached hydrogens (primary N) is 1. The lowest BCUT2D eigenvalue weighted by Gasteiger charge is -2.34. The summed E-state index contributed by atoms with van der Waals surface area (Å²) in [6, 6.07) is 9.58. The first kappa shape index (κ1) is 19.0. The summed E-state index contributed by atoms with van der Waals surface area (Å²) in [6.45, 7) is 3.55. The maximum Gasteiger partial charge on any atom is 0.416 e. The molecule has 2 aromatic rings. The standard InChI is InChI=1S/C19H21F3N4O/c1-25-8-10-26(11-9-25)15-6-7-17(23)16(12-15)18(27)24-14-4-2-13(3-5-14)19(20,21)22/h2-7,12H,8-11,23H2,1H3,(H,24,27). The topological polar surface area (TPSA) is 61.6 Å². The van der Waals surface area contributed by atoms with E-state index in [9.17, 15) is 18.0 Å². The van der Waals surface area contributed by atoms with Crippen LogP contribution < -0.4 is 16.0 Å². The number of hydrogen-bond donors (Lipinski definition) is 2. The second-order valence-corrected chi connectivity index (χ2v) is 6.59. The second-order valence-electron chi connectivity index (χ2n) is 6.59. The summed E-state index contributed by atoms with van der Waals surface area (Å²) in [7, 11) is 2.06. The molecular weight excluding hydrogens is 357 g/mol. The normalized spacial score (nSPS) is 15.6. The van der Waals surface area contributed by atoms with Crippen molar-refractivity contribution in [1.82, 2.24) is 4.90 Å². The fourth-order valence-electron chi connectivity index (χ4n) is 2.94. The van der Waals surface area contributed by atoms with Gasteiger partial charge in [-0.1, -0.05) is 0 Å². The van der Waals surface area contributed by atoms with E-state index in [0.717, 1.165) is 44.0 Å². The van der Waals surface area contributed by atoms with Gasteiger partial charge in [0.25, 0.3) is 5.91 Å². The summed E-state index contributed by atoms with van der Waals surface area (Å²) >= 11 is 0. The van der Waals surface area contributed by atoms with Crippen molar-refractivity contribution in [2.45, 2.75) is 6.18 Å². The molecule has 0 radical (unpaired) electrons. The van der Waals surface area contributed by atoms with E-state index in [1.54, 1.807) is 12.1 Å². The number of amides is 1. The van der Waals surface area contributed by atoms with Crippen molar-refractivity contribution >= 4 is 23.0 Å². The number of nitrogen functional groups attached to an aromatic ring is 1. The third-order valence-electron chi connectivity index (χ3n) is 4.62. The lowest BCUT2D eigenvalue weighted by atomic mass is 10.1. The first-order valence-electron chi connectivity index (χ1n) is 8.55. The summed E-state index contributed by atoms with van der Waals surface area (Å²) in [5.41, 5.74) is 6.96. The molecule has 27 heavy (non-hydrogen) atoms. The van der Waals surface area contributed by atoms with Crippen LogP contribution in [-0.2, 0) is 6.18 Å². The number of nitrogens with one attached hydrogen (secondary N) is 1. The lowest BCUT2D eigenvalue weighted by molar-refractivity contribution is -0.137. The predicted molar refractivity (Wildman–Crippen MR) is 100.0 cm³/mol. The highest BCUT2D eigenvalue weighted by molar-refractivity contribution is 6.08. The smallest absolute Gasteiger partial charge is 0.398 e. The molecule has 144 valence electrons. The number of halogens is 3. The number of carbonyl (C=O) groups is 1. The van der Waals surface area contributed by atoms with E-state index in [1.165, 1.54) is 12.1 Å². The number of anilines is 3. The van der Waals surface area contributed by atoms with Crippen molar-refractivity contribution in [2.24, 2.45) is 0 Å². The maximum atomic E-state index is 12.6. The maximum absolute atomic E-state index is 12.6. The van der Waals surface area contributed by atoms with Crippen LogP contribution in [0.25, 0.3) is 0 Å². The van der Waals surface area contributed by atoms with E-state index < -0.39 is 17.6 Å². The molecule has 1 amide bonds. The van der Waals surface area contributed by atoms with E-state index in [-0.39, 0.29) is 5.69 Å². The summed E-state index contributed by atoms with van der Waals surface area (Å²) in [5, 5.41) is 2.60. The molecule has 0 unspecified atom stereocenters. The Hall–Kier alpha value is -2.74. The van der Waals surface area contributed by atoms with Gasteiger partial charge in [-0.3, -0.25) is 4.79 Å². The van der Waals surface area contributed by atoms with E-state index in [0.29, 0.717) is 11.3 Å². The minimum atomic E-state index is -4.41. The number of piperazine rings is 1. The minimum absolute atomic E-state index is 0.275. The SMILES string of the molecule is CN1CCN(c2ccc(N)c(C(=O)Nc3ccc(C(F)(F)F)cc3)c2)CC1. The molecule has 1 fully saturated rings. The molecule has 1 aliphatic heterocycles. The Morgan fingerprint density at radius 2 is 1.67 bits per heavy atom. The molecule has 1 saturated heterocycles. The molecule has 0 spiro atoms. The van der Waals surface area contributed by atoms with Crippen LogP contribution >= 0.6 is 0 Å². The first-order chi connectivity index (χ1) is 12.7. The van der Waals surface area contributed by atoms with Gasteiger partial charge in [0.1, 0.15) is 0 Å². The van der Waals surface area contributed by atoms with Gasteiger partial charge in [-0.05, 0) is 49.5 Å². The largest absolute Gasteiger partial charge is 0.416 e. The fourth-order valence-corrected chi connectivity index (χ4v) is 2.94. The highest BCUT2D eigenvalue weighted by atomic mass is 19.4. The van der Waals surface area contributed by atoms with Crippen molar-refractivity contribution in [2.75, 3.05) is 49.2 Å². The molecule has 0 aliphatic carbocycles. The summed E-state index contributed by atoms with van der Waals surface area (Å²) in [4.78, 5) is 17.0. The van der Waals surface area contributed by atoms with Crippen molar-refractivity contribution in [1.29, 1.82) is 0 Å². The van der Waals surface area contributed by atoms with Crippen LogP contribution in [0, 0.1) is 0 Å². The quantitative estimate of drug-likeness (QED) is 0.805. The Morgan fingerprint density at radius 3 is 2.26 bits per heavy atom. The molecule has 3 rings (SSSR count). The van der Waals surface area contributed by atoms with E-state index >= 15 is 0 Å². The van der Waals surface area contributed by atoms with E-state index in [4.69, 9.17) is 5.73 Å². The molecule has 2 aromatic carbocycles. The summed E-state index contributed by atoms with van der Waals surface area (Å²) in [5.74, 6) is -0.455. The van der Waals surface area contributed by atoms with Gasteiger partial charge in [-0.15, -0.1) is 0 Å². The number of likely N-dealkylation sites (N-methyl/N-ethyl adjacent to an activating group) is 1. The number of benzene rings is 2. The zero-order valence-corrected chi connectivity index (χ0v) is 14.9. The number of hydrogen-bond acceptors (Lipinski definition) is 4. The van der Waals surface area contributed by atoms with Crippen LogP contribution in [-0.4, -0.2) is 44.0 Å². The second kappa shape index (κ2) is 7.48. The summed E-state index contributed by atoms with van der Waals surface area (Å²) in [6.07, 6.45) is -4.41. The molecule has 0 saturated carbocycles. The highest BCUT2D eigenvalue weighted by Gasteiger charge is 2.30. The fraction of sp³-hybridized carbons (Fsp3) is 0.316. The van der Waals surface area contributed by atoms with Crippen molar-refractivity contribution < 1.29 is 18.0 Å². The molecule has 8 heteroatoms. The van der Waals surface area contributed by atoms with Crippen molar-refractivity contribution in [3.05, 3.63) is 53.6 Å². The zero-order chi connectivity index (χ0) is 19.6. The van der Waals surface area contributed by atoms with Crippen LogP contribution in [0.3, 0.4) is 0 Å². The Balaban J connectivity index is 1.75. The van der Waals surface area contributed by atoms with Gasteiger partial charge >= 0.3 is 6.18 Å². The number of rotatable bonds is 3. The van der Waals surface area contributed by atoms with Crippen LogP contribution in [0.5, 0.6) is 0 Å². The van der Waals surface area contributed by atoms with Gasteiger partial charge in [0.2, 0.25) is 0 Å². The first-order valence-corrected chi connectivity index (χ1v) is 8.55. The Kier molecular flexibility index (Phi) is 5.27. The average molecular weight is 378 g/mol. The van der Waals surface area contributed by atoms with Gasteiger partial charge in [0.15, 0.2) is 0 Å². The average Bonchev–Trinajstić information content (AvgIpc) is 2.62. The molecule has 3 N–H and O–H groups in total. The summed E-state index contributed by atoms with van der Waals surface area (Å²) < 4.78 is 37.9. The number of nitrogens with zero attached hydrogens (tertiary/aromatic N) is 2. The molecule has 0 aromatic heterocycles. The van der Waals surface area contributed by atoms with Crippen molar-refractivity contribution in [3.8, 4) is 0 Å². The highest BCUT2D eigenvalue weighted by Crippen LogP contribution is 2.30. The van der Waals surface area contributed by atoms with Gasteiger partial charge in [0.05, 0.1) is 11.1 Å². The third-order valence-corrected chi connectivity index (χ3v) is 4.62. The third kappa shape index (κ3) is 4.51. The Labute approximate surface area is 155 Å². The van der Waals surface area contributed by atoms with Gasteiger partial charge in [-0.2, -0.15) is 13.2 Å².